The lowest BCUT2D eigenvalue weighted by Crippen LogP contribution is -2.30. The Morgan fingerprint density at radius 1 is 1.09 bits per heavy atom. The smallest absolute Gasteiger partial charge is 0.258 e. The Hall–Kier alpha value is -3.72. The number of pyridine rings is 2. The number of halogens is 1. The first-order valence-electron chi connectivity index (χ1n) is 12.1. The van der Waals surface area contributed by atoms with E-state index in [0.717, 1.165) is 60.2 Å². The molecule has 0 spiro atoms. The molecule has 4 rings (SSSR count). The van der Waals surface area contributed by atoms with E-state index in [2.05, 4.69) is 38.1 Å². The highest BCUT2D eigenvalue weighted by atomic mass is 19.1. The average molecular weight is 471 g/mol. The molecule has 2 aromatic heterocycles. The summed E-state index contributed by atoms with van der Waals surface area (Å²) in [6.07, 6.45) is 6.51. The highest BCUT2D eigenvalue weighted by Gasteiger charge is 2.18. The molecule has 0 bridgehead atoms. The monoisotopic (exact) mass is 470 g/mol. The Kier molecular flexibility index (Phi) is 7.45. The number of nitrogens with zero attached hydrogens (tertiary/aromatic N) is 3. The number of carbonyl (C=O) groups excluding carboxylic acids is 1. The number of aryl methyl sites for hydroxylation is 1. The first kappa shape index (κ1) is 24.4. The fourth-order valence-corrected chi connectivity index (χ4v) is 4.34. The van der Waals surface area contributed by atoms with Crippen molar-refractivity contribution in [2.75, 3.05) is 23.3 Å². The van der Waals surface area contributed by atoms with Gasteiger partial charge in [-0.15, -0.1) is 0 Å². The van der Waals surface area contributed by atoms with E-state index in [9.17, 15) is 9.18 Å². The van der Waals surface area contributed by atoms with Gasteiger partial charge in [-0.05, 0) is 80.3 Å². The number of anilines is 2. The Bertz CT molecular complexity index is 1300. The normalized spacial score (nSPS) is 13.4. The van der Waals surface area contributed by atoms with E-state index in [1.807, 2.05) is 52.1 Å². The Balaban J connectivity index is 1.66. The van der Waals surface area contributed by atoms with Gasteiger partial charge in [0.25, 0.3) is 5.91 Å². The van der Waals surface area contributed by atoms with Gasteiger partial charge < -0.3 is 10.2 Å². The van der Waals surface area contributed by atoms with Crippen LogP contribution < -0.4 is 10.2 Å². The summed E-state index contributed by atoms with van der Waals surface area (Å²) >= 11 is 0. The summed E-state index contributed by atoms with van der Waals surface area (Å²) in [4.78, 5) is 24.0. The fraction of sp³-hybridized carbons (Fsp3) is 0.345. The van der Waals surface area contributed by atoms with Crippen molar-refractivity contribution in [3.05, 3.63) is 71.1 Å². The molecule has 1 fully saturated rings. The molecule has 0 aliphatic carbocycles. The molecule has 35 heavy (non-hydrogen) atoms. The summed E-state index contributed by atoms with van der Waals surface area (Å²) in [5.74, 6) is 5.07. The van der Waals surface area contributed by atoms with Crippen molar-refractivity contribution in [2.24, 2.45) is 0 Å². The predicted octanol–water partition coefficient (Wildman–Crippen LogP) is 6.33. The van der Waals surface area contributed by atoms with Crippen molar-refractivity contribution in [1.29, 1.82) is 0 Å². The van der Waals surface area contributed by atoms with Crippen LogP contribution in [0.4, 0.5) is 15.8 Å². The first-order valence-corrected chi connectivity index (χ1v) is 12.1. The molecule has 0 unspecified atom stereocenters. The van der Waals surface area contributed by atoms with Gasteiger partial charge in [0.1, 0.15) is 5.69 Å². The van der Waals surface area contributed by atoms with Crippen LogP contribution in [0, 0.1) is 24.6 Å². The second kappa shape index (κ2) is 10.7. The van der Waals surface area contributed by atoms with Crippen LogP contribution in [0.5, 0.6) is 0 Å². The summed E-state index contributed by atoms with van der Waals surface area (Å²) in [5.41, 5.74) is 6.06. The Morgan fingerprint density at radius 2 is 1.86 bits per heavy atom. The minimum atomic E-state index is -0.637. The van der Waals surface area contributed by atoms with E-state index in [1.165, 1.54) is 12.5 Å². The number of piperidine rings is 1. The zero-order chi connectivity index (χ0) is 24.9. The van der Waals surface area contributed by atoms with Crippen LogP contribution >= 0.6 is 0 Å². The van der Waals surface area contributed by atoms with E-state index in [0.29, 0.717) is 11.4 Å². The second-order valence-electron chi connectivity index (χ2n) is 9.24. The third-order valence-electron chi connectivity index (χ3n) is 6.33. The summed E-state index contributed by atoms with van der Waals surface area (Å²) in [5, 5.41) is 2.85. The molecule has 3 heterocycles. The summed E-state index contributed by atoms with van der Waals surface area (Å²) in [7, 11) is 0. The molecule has 1 aliphatic rings. The van der Waals surface area contributed by atoms with Gasteiger partial charge in [-0.25, -0.2) is 9.37 Å². The van der Waals surface area contributed by atoms with Crippen LogP contribution in [0.2, 0.25) is 0 Å². The van der Waals surface area contributed by atoms with Crippen LogP contribution in [0.15, 0.2) is 42.7 Å². The molecule has 1 saturated heterocycles. The van der Waals surface area contributed by atoms with Crippen LogP contribution in [-0.4, -0.2) is 29.0 Å². The highest BCUT2D eigenvalue weighted by Crippen LogP contribution is 2.32. The Labute approximate surface area is 206 Å². The van der Waals surface area contributed by atoms with E-state index in [-0.39, 0.29) is 11.5 Å². The quantitative estimate of drug-likeness (QED) is 0.443. The van der Waals surface area contributed by atoms with Gasteiger partial charge in [-0.1, -0.05) is 25.8 Å². The molecule has 1 N–H and O–H groups in total. The summed E-state index contributed by atoms with van der Waals surface area (Å²) in [6.45, 7) is 9.75. The predicted molar refractivity (Wildman–Crippen MR) is 139 cm³/mol. The van der Waals surface area contributed by atoms with Crippen molar-refractivity contribution < 1.29 is 9.18 Å². The minimum Gasteiger partial charge on any atom is -0.369 e. The number of rotatable bonds is 5. The van der Waals surface area contributed by atoms with Crippen LogP contribution in [0.1, 0.15) is 73.3 Å². The average Bonchev–Trinajstić information content (AvgIpc) is 2.86. The van der Waals surface area contributed by atoms with Crippen LogP contribution in [-0.2, 0) is 0 Å². The van der Waals surface area contributed by atoms with Crippen molar-refractivity contribution in [3.8, 4) is 23.0 Å². The van der Waals surface area contributed by atoms with Crippen molar-refractivity contribution in [1.82, 2.24) is 9.97 Å². The topological polar surface area (TPSA) is 58.1 Å². The number of hydrogen-bond donors (Lipinski definition) is 1. The highest BCUT2D eigenvalue weighted by molar-refractivity contribution is 6.04. The van der Waals surface area contributed by atoms with Crippen molar-refractivity contribution in [3.63, 3.8) is 0 Å². The molecular formula is C29H31FN4O. The number of nitrogens with one attached hydrogen (secondary N) is 1. The fourth-order valence-electron chi connectivity index (χ4n) is 4.34. The standard InChI is InChI=1S/C29H31FN4O/c1-5-9-26-28(34-12-7-6-8-13-34)14-21(17-31-26)23-15-22(11-10-20(23)4)33-29(35)24-16-27(19(2)3)32-18-25(24)30/h10-11,14-19H,6-8,12-13H2,1-4H3,(H,33,35). The summed E-state index contributed by atoms with van der Waals surface area (Å²) in [6, 6.07) is 9.36. The SMILES string of the molecule is CC#Cc1ncc(-c2cc(NC(=O)c3cc(C(C)C)ncc3F)ccc2C)cc1N1CCCCC1. The zero-order valence-electron chi connectivity index (χ0n) is 20.8. The number of carbonyl (C=O) groups is 1. The lowest BCUT2D eigenvalue weighted by atomic mass is 9.99. The maximum absolute atomic E-state index is 14.4. The molecular weight excluding hydrogens is 439 g/mol. The molecule has 0 radical (unpaired) electrons. The van der Waals surface area contributed by atoms with Gasteiger partial charge in [0, 0.05) is 36.2 Å². The number of benzene rings is 1. The lowest BCUT2D eigenvalue weighted by molar-refractivity contribution is 0.102. The maximum Gasteiger partial charge on any atom is 0.258 e. The van der Waals surface area contributed by atoms with E-state index < -0.39 is 11.7 Å². The van der Waals surface area contributed by atoms with Gasteiger partial charge in [0.2, 0.25) is 0 Å². The van der Waals surface area contributed by atoms with Crippen LogP contribution in [0.3, 0.4) is 0 Å². The Morgan fingerprint density at radius 3 is 2.57 bits per heavy atom. The van der Waals surface area contributed by atoms with E-state index >= 15 is 0 Å². The molecule has 5 nitrogen and oxygen atoms in total. The molecule has 180 valence electrons. The lowest BCUT2D eigenvalue weighted by Gasteiger charge is -2.29. The molecule has 1 aromatic carbocycles. The molecule has 0 saturated carbocycles. The second-order valence-corrected chi connectivity index (χ2v) is 9.24. The van der Waals surface area contributed by atoms with Crippen molar-refractivity contribution >= 4 is 17.3 Å². The van der Waals surface area contributed by atoms with Gasteiger partial charge in [-0.3, -0.25) is 9.78 Å². The van der Waals surface area contributed by atoms with E-state index in [4.69, 9.17) is 0 Å². The first-order chi connectivity index (χ1) is 16.9. The van der Waals surface area contributed by atoms with Gasteiger partial charge in [-0.2, -0.15) is 0 Å². The minimum absolute atomic E-state index is 0.0117. The number of amides is 1. The molecule has 6 heteroatoms. The largest absolute Gasteiger partial charge is 0.369 e. The van der Waals surface area contributed by atoms with Gasteiger partial charge in [0.05, 0.1) is 17.4 Å². The third kappa shape index (κ3) is 5.51. The zero-order valence-corrected chi connectivity index (χ0v) is 20.8. The third-order valence-corrected chi connectivity index (χ3v) is 6.33. The molecule has 1 amide bonds. The van der Waals surface area contributed by atoms with Gasteiger partial charge in [0.15, 0.2) is 5.82 Å². The maximum atomic E-state index is 14.4. The molecule has 0 atom stereocenters. The summed E-state index contributed by atoms with van der Waals surface area (Å²) < 4.78 is 14.4. The van der Waals surface area contributed by atoms with Crippen molar-refractivity contribution in [2.45, 2.75) is 52.9 Å². The molecule has 1 aliphatic heterocycles. The molecule has 3 aromatic rings. The van der Waals surface area contributed by atoms with Crippen LogP contribution in [0.25, 0.3) is 11.1 Å². The van der Waals surface area contributed by atoms with E-state index in [1.54, 1.807) is 0 Å². The number of hydrogen-bond acceptors (Lipinski definition) is 4. The van der Waals surface area contributed by atoms with Gasteiger partial charge >= 0.3 is 0 Å². The number of aromatic nitrogens is 2.